The maximum absolute atomic E-state index is 7.48. The summed E-state index contributed by atoms with van der Waals surface area (Å²) in [5.41, 5.74) is 2.05. The Kier molecular flexibility index (Phi) is 2.43. The van der Waals surface area contributed by atoms with E-state index in [0.717, 1.165) is 18.6 Å². The van der Waals surface area contributed by atoms with Gasteiger partial charge >= 0.3 is 0 Å². The molecule has 0 aromatic heterocycles. The molecule has 0 saturated heterocycles. The van der Waals surface area contributed by atoms with Gasteiger partial charge in [-0.05, 0) is 31.8 Å². The molecule has 1 rings (SSSR count). The quantitative estimate of drug-likeness (QED) is 0.571. The summed E-state index contributed by atoms with van der Waals surface area (Å²) >= 11 is 0. The molecule has 0 aliphatic heterocycles. The summed E-state index contributed by atoms with van der Waals surface area (Å²) in [5, 5.41) is 7.48. The molecule has 1 aliphatic carbocycles. The van der Waals surface area contributed by atoms with Crippen molar-refractivity contribution in [2.24, 2.45) is 0 Å². The van der Waals surface area contributed by atoms with Gasteiger partial charge in [0, 0.05) is 5.71 Å². The van der Waals surface area contributed by atoms with Crippen molar-refractivity contribution < 1.29 is 0 Å². The average Bonchev–Trinajstić information content (AvgIpc) is 2.31. The van der Waals surface area contributed by atoms with Crippen molar-refractivity contribution in [3.63, 3.8) is 0 Å². The zero-order valence-corrected chi connectivity index (χ0v) is 6.35. The molecule has 1 N–H and O–H groups in total. The fourth-order valence-corrected chi connectivity index (χ4v) is 1.16. The number of nitrogens with one attached hydrogen (secondary N) is 1. The highest BCUT2D eigenvalue weighted by Gasteiger charge is 2.11. The Labute approximate surface area is 62.0 Å². The van der Waals surface area contributed by atoms with Gasteiger partial charge in [-0.25, -0.2) is 0 Å². The van der Waals surface area contributed by atoms with Crippen LogP contribution in [-0.4, -0.2) is 5.71 Å². The van der Waals surface area contributed by atoms with Crippen molar-refractivity contribution in [3.8, 4) is 0 Å². The Hall–Kier alpha value is -0.850. The van der Waals surface area contributed by atoms with Crippen LogP contribution in [0.15, 0.2) is 23.8 Å². The largest absolute Gasteiger partial charge is 0.305 e. The summed E-state index contributed by atoms with van der Waals surface area (Å²) in [4.78, 5) is 0. The number of hydrogen-bond acceptors (Lipinski definition) is 1. The van der Waals surface area contributed by atoms with E-state index < -0.39 is 0 Å². The third kappa shape index (κ3) is 1.56. The summed E-state index contributed by atoms with van der Waals surface area (Å²) in [6, 6.07) is 0. The first-order valence-corrected chi connectivity index (χ1v) is 3.74. The molecular formula is C9H13N. The van der Waals surface area contributed by atoms with Gasteiger partial charge in [0.1, 0.15) is 0 Å². The van der Waals surface area contributed by atoms with E-state index in [2.05, 4.69) is 6.08 Å². The Morgan fingerprint density at radius 2 is 2.20 bits per heavy atom. The lowest BCUT2D eigenvalue weighted by atomic mass is 10.2. The Bertz CT molecular complexity index is 187. The summed E-state index contributed by atoms with van der Waals surface area (Å²) in [6.07, 6.45) is 9.30. The van der Waals surface area contributed by atoms with Crippen LogP contribution >= 0.6 is 0 Å². The van der Waals surface area contributed by atoms with Crippen LogP contribution in [0.2, 0.25) is 0 Å². The van der Waals surface area contributed by atoms with Crippen LogP contribution in [-0.2, 0) is 0 Å². The van der Waals surface area contributed by atoms with E-state index >= 15 is 0 Å². The van der Waals surface area contributed by atoms with Gasteiger partial charge in [-0.1, -0.05) is 18.2 Å². The predicted octanol–water partition coefficient (Wildman–Crippen LogP) is 2.69. The van der Waals surface area contributed by atoms with Gasteiger partial charge < -0.3 is 5.41 Å². The summed E-state index contributed by atoms with van der Waals surface area (Å²) in [6.45, 7) is 2.00. The van der Waals surface area contributed by atoms with Crippen molar-refractivity contribution in [2.45, 2.75) is 26.2 Å². The smallest absolute Gasteiger partial charge is 0.0345 e. The van der Waals surface area contributed by atoms with E-state index in [9.17, 15) is 0 Å². The van der Waals surface area contributed by atoms with Crippen molar-refractivity contribution in [3.05, 3.63) is 23.8 Å². The van der Waals surface area contributed by atoms with Crippen molar-refractivity contribution in [2.75, 3.05) is 0 Å². The average molecular weight is 135 g/mol. The van der Waals surface area contributed by atoms with E-state index in [1.165, 1.54) is 12.0 Å². The zero-order valence-electron chi connectivity index (χ0n) is 6.35. The summed E-state index contributed by atoms with van der Waals surface area (Å²) in [5.74, 6) is 0. The minimum Gasteiger partial charge on any atom is -0.305 e. The van der Waals surface area contributed by atoms with Gasteiger partial charge in [-0.15, -0.1) is 0 Å². The second-order valence-corrected chi connectivity index (χ2v) is 2.55. The molecule has 10 heavy (non-hydrogen) atoms. The molecule has 1 fully saturated rings. The highest BCUT2D eigenvalue weighted by Crippen LogP contribution is 2.20. The van der Waals surface area contributed by atoms with Gasteiger partial charge in [0.05, 0.1) is 0 Å². The molecule has 1 heteroatoms. The SMILES string of the molecule is C/C=C\C=C1\CCCC1=N. The molecule has 1 nitrogen and oxygen atoms in total. The molecule has 0 aromatic carbocycles. The van der Waals surface area contributed by atoms with Crippen LogP contribution in [0, 0.1) is 5.41 Å². The van der Waals surface area contributed by atoms with E-state index in [1.807, 2.05) is 19.1 Å². The van der Waals surface area contributed by atoms with Gasteiger partial charge in [0.2, 0.25) is 0 Å². The fourth-order valence-electron chi connectivity index (χ4n) is 1.16. The Morgan fingerprint density at radius 1 is 1.40 bits per heavy atom. The molecule has 0 atom stereocenters. The molecule has 0 radical (unpaired) electrons. The molecule has 0 spiro atoms. The normalized spacial score (nSPS) is 23.3. The molecule has 0 heterocycles. The second kappa shape index (κ2) is 3.35. The maximum atomic E-state index is 7.48. The molecule has 0 aromatic rings. The van der Waals surface area contributed by atoms with E-state index in [0.29, 0.717) is 0 Å². The highest BCUT2D eigenvalue weighted by atomic mass is 14.4. The lowest BCUT2D eigenvalue weighted by Gasteiger charge is -1.90. The third-order valence-electron chi connectivity index (χ3n) is 1.75. The van der Waals surface area contributed by atoms with Gasteiger partial charge in [-0.3, -0.25) is 0 Å². The molecule has 1 saturated carbocycles. The summed E-state index contributed by atoms with van der Waals surface area (Å²) in [7, 11) is 0. The third-order valence-corrected chi connectivity index (χ3v) is 1.75. The highest BCUT2D eigenvalue weighted by molar-refractivity contribution is 5.99. The molecule has 0 bridgehead atoms. The minimum atomic E-state index is 0.832. The number of allylic oxidation sites excluding steroid dienone is 4. The topological polar surface area (TPSA) is 23.9 Å². The zero-order chi connectivity index (χ0) is 7.40. The molecule has 0 amide bonds. The molecule has 1 aliphatic rings. The van der Waals surface area contributed by atoms with Crippen LogP contribution in [0.5, 0.6) is 0 Å². The maximum Gasteiger partial charge on any atom is 0.0345 e. The van der Waals surface area contributed by atoms with E-state index in [1.54, 1.807) is 0 Å². The lowest BCUT2D eigenvalue weighted by molar-refractivity contribution is 0.946. The lowest BCUT2D eigenvalue weighted by Crippen LogP contribution is -1.88. The van der Waals surface area contributed by atoms with Gasteiger partial charge in [0.15, 0.2) is 0 Å². The number of hydrogen-bond donors (Lipinski definition) is 1. The van der Waals surface area contributed by atoms with E-state index in [4.69, 9.17) is 5.41 Å². The Balaban J connectivity index is 2.62. The van der Waals surface area contributed by atoms with Crippen molar-refractivity contribution in [1.29, 1.82) is 5.41 Å². The first kappa shape index (κ1) is 7.26. The standard InChI is InChI=1S/C9H13N/c1-2-3-5-8-6-4-7-9(8)10/h2-3,5,10H,4,6-7H2,1H3/b3-2-,8-5-,10-9?. The van der Waals surface area contributed by atoms with Crippen LogP contribution in [0.3, 0.4) is 0 Å². The van der Waals surface area contributed by atoms with Crippen LogP contribution in [0.25, 0.3) is 0 Å². The molecule has 0 unspecified atom stereocenters. The van der Waals surface area contributed by atoms with Crippen LogP contribution < -0.4 is 0 Å². The minimum absolute atomic E-state index is 0.832. The predicted molar refractivity (Wildman–Crippen MR) is 44.5 cm³/mol. The van der Waals surface area contributed by atoms with Crippen LogP contribution in [0.1, 0.15) is 26.2 Å². The Morgan fingerprint density at radius 3 is 2.70 bits per heavy atom. The van der Waals surface area contributed by atoms with Crippen LogP contribution in [0.4, 0.5) is 0 Å². The first-order valence-electron chi connectivity index (χ1n) is 3.74. The fraction of sp³-hybridized carbons (Fsp3) is 0.444. The van der Waals surface area contributed by atoms with E-state index in [-0.39, 0.29) is 0 Å². The first-order chi connectivity index (χ1) is 4.84. The molecule has 54 valence electrons. The monoisotopic (exact) mass is 135 g/mol. The number of rotatable bonds is 1. The molecular weight excluding hydrogens is 122 g/mol. The van der Waals surface area contributed by atoms with Gasteiger partial charge in [-0.2, -0.15) is 0 Å². The summed E-state index contributed by atoms with van der Waals surface area (Å²) < 4.78 is 0. The second-order valence-electron chi connectivity index (χ2n) is 2.55. The van der Waals surface area contributed by atoms with Gasteiger partial charge in [0.25, 0.3) is 0 Å². The van der Waals surface area contributed by atoms with Crippen molar-refractivity contribution in [1.82, 2.24) is 0 Å². The van der Waals surface area contributed by atoms with Crippen molar-refractivity contribution >= 4 is 5.71 Å².